The Morgan fingerprint density at radius 1 is 0.853 bits per heavy atom. The van der Waals surface area contributed by atoms with Gasteiger partial charge in [-0.25, -0.2) is 0 Å². The van der Waals surface area contributed by atoms with E-state index in [0.29, 0.717) is 6.42 Å². The number of carbonyl (C=O) groups is 1. The summed E-state index contributed by atoms with van der Waals surface area (Å²) in [6.07, 6.45) is 12.7. The molecule has 0 bridgehead atoms. The molecule has 0 unspecified atom stereocenters. The van der Waals surface area contributed by atoms with Crippen LogP contribution in [0.1, 0.15) is 96.8 Å². The Hall–Kier alpha value is -1.03. The van der Waals surface area contributed by atoms with Crippen LogP contribution in [0.3, 0.4) is 0 Å². The lowest BCUT2D eigenvalue weighted by molar-refractivity contribution is -0.210. The Labute approximate surface area is 205 Å². The summed E-state index contributed by atoms with van der Waals surface area (Å²) in [7, 11) is 0. The van der Waals surface area contributed by atoms with E-state index in [9.17, 15) is 20.1 Å². The van der Waals surface area contributed by atoms with Crippen molar-refractivity contribution in [3.05, 3.63) is 12.2 Å². The second-order valence-electron chi connectivity index (χ2n) is 9.13. The molecular weight excluding hydrogens is 440 g/mol. The van der Waals surface area contributed by atoms with Crippen LogP contribution in [-0.4, -0.2) is 76.9 Å². The number of ether oxygens (including phenoxy) is 3. The summed E-state index contributed by atoms with van der Waals surface area (Å²) in [4.78, 5) is 12.3. The number of esters is 1. The zero-order valence-corrected chi connectivity index (χ0v) is 21.0. The predicted octanol–water partition coefficient (Wildman–Crippen LogP) is 3.38. The minimum Gasteiger partial charge on any atom is -0.454 e. The molecule has 1 rings (SSSR count). The van der Waals surface area contributed by atoms with Crippen molar-refractivity contribution in [3.8, 4) is 0 Å². The van der Waals surface area contributed by atoms with E-state index < -0.39 is 43.3 Å². The van der Waals surface area contributed by atoms with Gasteiger partial charge in [-0.15, -0.1) is 0 Å². The highest BCUT2D eigenvalue weighted by molar-refractivity contribution is 5.69. The van der Waals surface area contributed by atoms with E-state index in [1.807, 2.05) is 0 Å². The third-order valence-electron chi connectivity index (χ3n) is 6.09. The summed E-state index contributed by atoms with van der Waals surface area (Å²) in [6, 6.07) is 0. The van der Waals surface area contributed by atoms with E-state index in [-0.39, 0.29) is 19.6 Å². The molecule has 0 aromatic carbocycles. The first-order valence-electron chi connectivity index (χ1n) is 13.2. The first kappa shape index (κ1) is 31.0. The van der Waals surface area contributed by atoms with Gasteiger partial charge < -0.3 is 34.6 Å². The van der Waals surface area contributed by atoms with E-state index >= 15 is 0 Å². The number of hydrogen-bond acceptors (Lipinski definition) is 8. The fourth-order valence-corrected chi connectivity index (χ4v) is 3.93. The monoisotopic (exact) mass is 488 g/mol. The van der Waals surface area contributed by atoms with Crippen LogP contribution in [0.5, 0.6) is 0 Å². The minimum atomic E-state index is -1.70. The van der Waals surface area contributed by atoms with Gasteiger partial charge in [-0.3, -0.25) is 4.79 Å². The number of unbranched alkanes of at least 4 members (excludes halogenated alkanes) is 11. The molecule has 1 saturated heterocycles. The van der Waals surface area contributed by atoms with Crippen LogP contribution >= 0.6 is 0 Å². The lowest BCUT2D eigenvalue weighted by Crippen LogP contribution is -2.52. The maximum absolute atomic E-state index is 12.3. The molecule has 1 fully saturated rings. The van der Waals surface area contributed by atoms with Gasteiger partial charge in [-0.05, 0) is 32.1 Å². The average molecular weight is 489 g/mol. The van der Waals surface area contributed by atoms with E-state index in [4.69, 9.17) is 19.3 Å². The van der Waals surface area contributed by atoms with Crippen LogP contribution in [0.2, 0.25) is 0 Å². The predicted molar refractivity (Wildman–Crippen MR) is 130 cm³/mol. The molecule has 0 radical (unpaired) electrons. The highest BCUT2D eigenvalue weighted by Gasteiger charge is 2.41. The highest BCUT2D eigenvalue weighted by Crippen LogP contribution is 2.20. The standard InChI is InChI=1S/C26H48O8/c1-2-3-4-5-6-7-8-9-10-11-12-13-14-15-16-17-22(29)34-25(26-32-18-19-33-26)24(31)23(30)21(28)20-27/h9-10,21,23-28,30-31H,2-8,11-20H2,1H3/t21-,23-,24+,25-/m1/s1. The van der Waals surface area contributed by atoms with Gasteiger partial charge in [0.05, 0.1) is 19.8 Å². The van der Waals surface area contributed by atoms with Crippen molar-refractivity contribution < 1.29 is 39.4 Å². The van der Waals surface area contributed by atoms with Crippen molar-refractivity contribution in [2.45, 2.75) is 128 Å². The van der Waals surface area contributed by atoms with Crippen molar-refractivity contribution in [3.63, 3.8) is 0 Å². The second kappa shape index (κ2) is 20.2. The maximum atomic E-state index is 12.3. The van der Waals surface area contributed by atoms with Gasteiger partial charge >= 0.3 is 5.97 Å². The van der Waals surface area contributed by atoms with Gasteiger partial charge in [0, 0.05) is 6.42 Å². The van der Waals surface area contributed by atoms with Gasteiger partial charge in [0.25, 0.3) is 0 Å². The zero-order valence-electron chi connectivity index (χ0n) is 21.0. The van der Waals surface area contributed by atoms with Crippen molar-refractivity contribution >= 4 is 5.97 Å². The molecular formula is C26H48O8. The third-order valence-corrected chi connectivity index (χ3v) is 6.09. The number of allylic oxidation sites excluding steroid dienone is 2. The van der Waals surface area contributed by atoms with Gasteiger partial charge in [0.1, 0.15) is 18.3 Å². The molecule has 8 nitrogen and oxygen atoms in total. The van der Waals surface area contributed by atoms with E-state index in [1.165, 1.54) is 44.9 Å². The van der Waals surface area contributed by atoms with Gasteiger partial charge in [-0.1, -0.05) is 70.4 Å². The molecule has 34 heavy (non-hydrogen) atoms. The number of carbonyl (C=O) groups excluding carboxylic acids is 1. The molecule has 0 aromatic rings. The number of aliphatic hydroxyl groups is 4. The van der Waals surface area contributed by atoms with Crippen LogP contribution in [0.25, 0.3) is 0 Å². The normalized spacial score (nSPS) is 18.3. The van der Waals surface area contributed by atoms with Crippen LogP contribution in [0, 0.1) is 0 Å². The second-order valence-corrected chi connectivity index (χ2v) is 9.13. The average Bonchev–Trinajstić information content (AvgIpc) is 3.38. The van der Waals surface area contributed by atoms with E-state index in [0.717, 1.165) is 32.1 Å². The van der Waals surface area contributed by atoms with E-state index in [2.05, 4.69) is 19.1 Å². The Morgan fingerprint density at radius 2 is 1.38 bits per heavy atom. The molecule has 4 atom stereocenters. The summed E-state index contributed by atoms with van der Waals surface area (Å²) >= 11 is 0. The van der Waals surface area contributed by atoms with Gasteiger partial charge in [-0.2, -0.15) is 0 Å². The number of rotatable bonds is 21. The molecule has 8 heteroatoms. The van der Waals surface area contributed by atoms with Crippen molar-refractivity contribution in [1.82, 2.24) is 0 Å². The molecule has 1 aliphatic rings. The van der Waals surface area contributed by atoms with Crippen molar-refractivity contribution in [2.24, 2.45) is 0 Å². The lowest BCUT2D eigenvalue weighted by atomic mass is 10.0. The molecule has 0 amide bonds. The smallest absolute Gasteiger partial charge is 0.306 e. The number of aliphatic hydroxyl groups excluding tert-OH is 4. The van der Waals surface area contributed by atoms with Crippen molar-refractivity contribution in [1.29, 1.82) is 0 Å². The SMILES string of the molecule is CCCCCCCCC=CCCCCCCCC(=O)O[C@@H](C1OCCO1)[C@@H](O)[C@H](O)[C@H](O)CO. The Morgan fingerprint density at radius 3 is 1.94 bits per heavy atom. The summed E-state index contributed by atoms with van der Waals surface area (Å²) in [5, 5.41) is 38.9. The van der Waals surface area contributed by atoms with Gasteiger partial charge in [0.2, 0.25) is 0 Å². The summed E-state index contributed by atoms with van der Waals surface area (Å²) in [5.74, 6) is -0.522. The van der Waals surface area contributed by atoms with E-state index in [1.54, 1.807) is 0 Å². The molecule has 200 valence electrons. The first-order chi connectivity index (χ1) is 16.5. The first-order valence-corrected chi connectivity index (χ1v) is 13.2. The van der Waals surface area contributed by atoms with Crippen LogP contribution < -0.4 is 0 Å². The molecule has 1 aliphatic heterocycles. The summed E-state index contributed by atoms with van der Waals surface area (Å²) < 4.78 is 16.0. The number of hydrogen-bond donors (Lipinski definition) is 4. The zero-order chi connectivity index (χ0) is 25.0. The van der Waals surface area contributed by atoms with Crippen LogP contribution in [0.4, 0.5) is 0 Å². The Bertz CT molecular complexity index is 521. The largest absolute Gasteiger partial charge is 0.454 e. The van der Waals surface area contributed by atoms with Crippen molar-refractivity contribution in [2.75, 3.05) is 19.8 Å². The summed E-state index contributed by atoms with van der Waals surface area (Å²) in [5.41, 5.74) is 0. The Balaban J connectivity index is 2.14. The molecule has 0 aliphatic carbocycles. The fourth-order valence-electron chi connectivity index (χ4n) is 3.93. The molecule has 4 N–H and O–H groups in total. The van der Waals surface area contributed by atoms with Crippen LogP contribution in [-0.2, 0) is 19.0 Å². The quantitative estimate of drug-likeness (QED) is 0.110. The Kier molecular flexibility index (Phi) is 18.4. The third kappa shape index (κ3) is 13.8. The molecule has 1 heterocycles. The minimum absolute atomic E-state index is 0.187. The maximum Gasteiger partial charge on any atom is 0.306 e. The lowest BCUT2D eigenvalue weighted by Gasteiger charge is -2.31. The van der Waals surface area contributed by atoms with Crippen LogP contribution in [0.15, 0.2) is 12.2 Å². The fraction of sp³-hybridized carbons (Fsp3) is 0.885. The topological polar surface area (TPSA) is 126 Å². The summed E-state index contributed by atoms with van der Waals surface area (Å²) in [6.45, 7) is 2.06. The molecule has 0 spiro atoms. The molecule has 0 aromatic heterocycles. The highest BCUT2D eigenvalue weighted by atomic mass is 16.7. The molecule has 0 saturated carbocycles. The van der Waals surface area contributed by atoms with Gasteiger partial charge in [0.15, 0.2) is 12.4 Å².